The summed E-state index contributed by atoms with van der Waals surface area (Å²) >= 11 is 5.70. The molecule has 5 nitrogen and oxygen atoms in total. The Bertz CT molecular complexity index is 588. The minimum Gasteiger partial charge on any atom is -0.344 e. The number of pyridine rings is 1. The number of aromatic nitrogens is 1. The Morgan fingerprint density at radius 2 is 2.22 bits per heavy atom. The van der Waals surface area contributed by atoms with E-state index < -0.39 is 21.3 Å². The fourth-order valence-corrected chi connectivity index (χ4v) is 4.24. The summed E-state index contributed by atoms with van der Waals surface area (Å²) in [6.07, 6.45) is 0.418. The van der Waals surface area contributed by atoms with Crippen LogP contribution in [0.3, 0.4) is 0 Å². The van der Waals surface area contributed by atoms with E-state index in [2.05, 4.69) is 10.3 Å². The number of carbonyl (C=O) groups excluding carboxylic acids is 1. The largest absolute Gasteiger partial charge is 0.344 e. The number of rotatable bonds is 2. The van der Waals surface area contributed by atoms with Crippen LogP contribution >= 0.6 is 11.6 Å². The van der Waals surface area contributed by atoms with Gasteiger partial charge in [0.25, 0.3) is 5.91 Å². The number of nitrogens with zero attached hydrogens (tertiary/aromatic N) is 1. The highest BCUT2D eigenvalue weighted by atomic mass is 35.5. The van der Waals surface area contributed by atoms with Crippen LogP contribution in [0, 0.1) is 0 Å². The van der Waals surface area contributed by atoms with Crippen LogP contribution in [0.5, 0.6) is 0 Å². The number of carbonyl (C=O) groups is 1. The molecule has 1 fully saturated rings. The van der Waals surface area contributed by atoms with Gasteiger partial charge < -0.3 is 5.32 Å². The van der Waals surface area contributed by atoms with Crippen LogP contribution in [0.4, 0.5) is 0 Å². The predicted molar refractivity (Wildman–Crippen MR) is 68.4 cm³/mol. The van der Waals surface area contributed by atoms with Crippen molar-refractivity contribution >= 4 is 27.3 Å². The summed E-state index contributed by atoms with van der Waals surface area (Å²) in [5, 5.41) is 2.94. The van der Waals surface area contributed by atoms with E-state index in [-0.39, 0.29) is 22.4 Å². The topological polar surface area (TPSA) is 76.1 Å². The molecule has 0 aromatic carbocycles. The van der Waals surface area contributed by atoms with Crippen molar-refractivity contribution in [3.63, 3.8) is 0 Å². The van der Waals surface area contributed by atoms with E-state index in [1.165, 1.54) is 6.07 Å². The number of amides is 1. The summed E-state index contributed by atoms with van der Waals surface area (Å²) in [6, 6.07) is 4.73. The van der Waals surface area contributed by atoms with Crippen molar-refractivity contribution in [3.8, 4) is 0 Å². The van der Waals surface area contributed by atoms with E-state index in [1.54, 1.807) is 19.1 Å². The molecular weight excluding hydrogens is 276 g/mol. The summed E-state index contributed by atoms with van der Waals surface area (Å²) in [7, 11) is -3.05. The summed E-state index contributed by atoms with van der Waals surface area (Å²) in [5.74, 6) is -0.337. The molecule has 0 aliphatic carbocycles. The van der Waals surface area contributed by atoms with Crippen LogP contribution in [-0.2, 0) is 9.84 Å². The number of sulfone groups is 1. The van der Waals surface area contributed by atoms with Gasteiger partial charge in [-0.3, -0.25) is 4.79 Å². The molecular formula is C11H13ClN2O3S. The Kier molecular flexibility index (Phi) is 3.33. The van der Waals surface area contributed by atoms with Crippen LogP contribution in [0.15, 0.2) is 18.2 Å². The molecule has 2 heterocycles. The minimum atomic E-state index is -3.05. The van der Waals surface area contributed by atoms with Crippen molar-refractivity contribution < 1.29 is 13.2 Å². The first-order valence-electron chi connectivity index (χ1n) is 5.45. The molecule has 1 amide bonds. The van der Waals surface area contributed by atoms with Crippen LogP contribution in [-0.4, -0.2) is 36.4 Å². The monoisotopic (exact) mass is 288 g/mol. The third-order valence-corrected chi connectivity index (χ3v) is 4.98. The summed E-state index contributed by atoms with van der Waals surface area (Å²) in [6.45, 7) is 1.72. The summed E-state index contributed by atoms with van der Waals surface area (Å²) in [4.78, 5) is 15.8. The quantitative estimate of drug-likeness (QED) is 0.825. The average molecular weight is 289 g/mol. The third kappa shape index (κ3) is 3.00. The van der Waals surface area contributed by atoms with Crippen molar-refractivity contribution in [1.82, 2.24) is 10.3 Å². The number of nitrogens with one attached hydrogen (secondary N) is 1. The Balaban J connectivity index is 2.13. The lowest BCUT2D eigenvalue weighted by Crippen LogP contribution is -2.47. The molecule has 18 heavy (non-hydrogen) atoms. The van der Waals surface area contributed by atoms with E-state index >= 15 is 0 Å². The van der Waals surface area contributed by atoms with E-state index in [1.807, 2.05) is 0 Å². The Morgan fingerprint density at radius 1 is 1.50 bits per heavy atom. The van der Waals surface area contributed by atoms with Crippen LogP contribution in [0.1, 0.15) is 23.8 Å². The Labute approximate surface area is 110 Å². The molecule has 1 saturated heterocycles. The highest BCUT2D eigenvalue weighted by molar-refractivity contribution is 7.91. The van der Waals surface area contributed by atoms with Gasteiger partial charge in [0, 0.05) is 0 Å². The maximum Gasteiger partial charge on any atom is 0.270 e. The highest BCUT2D eigenvalue weighted by Crippen LogP contribution is 2.23. The molecule has 1 atom stereocenters. The molecule has 0 radical (unpaired) electrons. The van der Waals surface area contributed by atoms with Gasteiger partial charge in [0.15, 0.2) is 9.84 Å². The van der Waals surface area contributed by atoms with Crippen molar-refractivity contribution in [2.24, 2.45) is 0 Å². The Hall–Kier alpha value is -1.14. The SMILES string of the molecule is CC1(NC(=O)c2cccc(Cl)n2)CCS(=O)(=O)C1. The van der Waals surface area contributed by atoms with E-state index in [0.29, 0.717) is 6.42 Å². The first-order chi connectivity index (χ1) is 8.30. The molecule has 0 spiro atoms. The number of hydrogen-bond acceptors (Lipinski definition) is 4. The molecule has 7 heteroatoms. The zero-order valence-electron chi connectivity index (χ0n) is 9.81. The van der Waals surface area contributed by atoms with E-state index in [0.717, 1.165) is 0 Å². The minimum absolute atomic E-state index is 0.0354. The normalized spacial score (nSPS) is 25.9. The highest BCUT2D eigenvalue weighted by Gasteiger charge is 2.39. The first-order valence-corrected chi connectivity index (χ1v) is 7.65. The molecule has 1 aromatic heterocycles. The molecule has 98 valence electrons. The van der Waals surface area contributed by atoms with Gasteiger partial charge in [0.1, 0.15) is 10.8 Å². The van der Waals surface area contributed by atoms with Crippen LogP contribution in [0.2, 0.25) is 5.15 Å². The molecule has 0 saturated carbocycles. The van der Waals surface area contributed by atoms with Gasteiger partial charge in [0.2, 0.25) is 0 Å². The van der Waals surface area contributed by atoms with Gasteiger partial charge in [-0.15, -0.1) is 0 Å². The Morgan fingerprint density at radius 3 is 2.78 bits per heavy atom. The van der Waals surface area contributed by atoms with Crippen molar-refractivity contribution in [3.05, 3.63) is 29.0 Å². The lowest BCUT2D eigenvalue weighted by molar-refractivity contribution is 0.0910. The predicted octanol–water partition coefficient (Wildman–Crippen LogP) is 1.04. The fourth-order valence-electron chi connectivity index (χ4n) is 1.98. The van der Waals surface area contributed by atoms with Crippen molar-refractivity contribution in [1.29, 1.82) is 0 Å². The van der Waals surface area contributed by atoms with Gasteiger partial charge in [-0.25, -0.2) is 13.4 Å². The zero-order valence-corrected chi connectivity index (χ0v) is 11.4. The molecule has 1 aromatic rings. The average Bonchev–Trinajstić information content (AvgIpc) is 2.52. The lowest BCUT2D eigenvalue weighted by atomic mass is 10.0. The standard InChI is InChI=1S/C11H13ClN2O3S/c1-11(5-6-18(16,17)7-11)14-10(15)8-3-2-4-9(12)13-8/h2-4H,5-7H2,1H3,(H,14,15). The third-order valence-electron chi connectivity index (χ3n) is 2.87. The smallest absolute Gasteiger partial charge is 0.270 e. The van der Waals surface area contributed by atoms with Crippen LogP contribution in [0.25, 0.3) is 0 Å². The van der Waals surface area contributed by atoms with Gasteiger partial charge in [0.05, 0.1) is 17.0 Å². The van der Waals surface area contributed by atoms with E-state index in [4.69, 9.17) is 11.6 Å². The fraction of sp³-hybridized carbons (Fsp3) is 0.455. The lowest BCUT2D eigenvalue weighted by Gasteiger charge is -2.23. The molecule has 1 aliphatic heterocycles. The van der Waals surface area contributed by atoms with Gasteiger partial charge >= 0.3 is 0 Å². The maximum absolute atomic E-state index is 11.9. The molecule has 1 N–H and O–H groups in total. The number of halogens is 1. The second kappa shape index (κ2) is 4.51. The van der Waals surface area contributed by atoms with Gasteiger partial charge in [-0.2, -0.15) is 0 Å². The van der Waals surface area contributed by atoms with Gasteiger partial charge in [-0.1, -0.05) is 17.7 Å². The summed E-state index contributed by atoms with van der Waals surface area (Å²) < 4.78 is 22.9. The maximum atomic E-state index is 11.9. The molecule has 1 unspecified atom stereocenters. The second-order valence-electron chi connectivity index (χ2n) is 4.70. The van der Waals surface area contributed by atoms with Crippen molar-refractivity contribution in [2.75, 3.05) is 11.5 Å². The molecule has 2 rings (SSSR count). The zero-order chi connectivity index (χ0) is 13.4. The second-order valence-corrected chi connectivity index (χ2v) is 7.27. The first kappa shape index (κ1) is 13.3. The van der Waals surface area contributed by atoms with E-state index in [9.17, 15) is 13.2 Å². The number of hydrogen-bond donors (Lipinski definition) is 1. The van der Waals surface area contributed by atoms with Crippen LogP contribution < -0.4 is 5.32 Å². The molecule has 1 aliphatic rings. The summed E-state index contributed by atoms with van der Waals surface area (Å²) in [5.41, 5.74) is -0.534. The van der Waals surface area contributed by atoms with Crippen molar-refractivity contribution in [2.45, 2.75) is 18.9 Å². The molecule has 0 bridgehead atoms. The van der Waals surface area contributed by atoms with Gasteiger partial charge in [-0.05, 0) is 25.5 Å².